The van der Waals surface area contributed by atoms with Crippen LogP contribution >= 0.6 is 0 Å². The van der Waals surface area contributed by atoms with Crippen molar-refractivity contribution in [3.63, 3.8) is 0 Å². The minimum atomic E-state index is -0.431. The third-order valence-corrected chi connectivity index (χ3v) is 2.92. The van der Waals surface area contributed by atoms with E-state index in [4.69, 9.17) is 15.2 Å². The molecule has 112 valence electrons. The molecule has 0 saturated heterocycles. The summed E-state index contributed by atoms with van der Waals surface area (Å²) in [5.41, 5.74) is 6.87. The van der Waals surface area contributed by atoms with Crippen LogP contribution in [0, 0.1) is 0 Å². The van der Waals surface area contributed by atoms with Crippen molar-refractivity contribution in [2.24, 2.45) is 5.73 Å². The van der Waals surface area contributed by atoms with Gasteiger partial charge in [0.15, 0.2) is 11.5 Å². The molecule has 0 radical (unpaired) electrons. The fourth-order valence-corrected chi connectivity index (χ4v) is 1.99. The largest absolute Gasteiger partial charge is 0.493 e. The molecule has 2 rings (SSSR count). The van der Waals surface area contributed by atoms with Gasteiger partial charge < -0.3 is 20.5 Å². The predicted octanol–water partition coefficient (Wildman–Crippen LogP) is 0.998. The van der Waals surface area contributed by atoms with Gasteiger partial charge in [-0.05, 0) is 6.07 Å². The third-order valence-electron chi connectivity index (χ3n) is 2.92. The average Bonchev–Trinajstić information content (AvgIpc) is 2.91. The Morgan fingerprint density at radius 3 is 2.86 bits per heavy atom. The summed E-state index contributed by atoms with van der Waals surface area (Å²) in [6.07, 6.45) is 3.35. The summed E-state index contributed by atoms with van der Waals surface area (Å²) in [6, 6.07) is 5.68. The highest BCUT2D eigenvalue weighted by Gasteiger charge is 2.09. The number of carbonyl (C=O) groups excluding carboxylic acids is 1. The van der Waals surface area contributed by atoms with Crippen LogP contribution < -0.4 is 20.5 Å². The Bertz CT molecular complexity index is 624. The molecule has 0 atom stereocenters. The second-order valence-corrected chi connectivity index (χ2v) is 4.40. The number of amides is 1. The van der Waals surface area contributed by atoms with Crippen molar-refractivity contribution in [3.05, 3.63) is 36.2 Å². The molecular formula is C14H18N4O3. The van der Waals surface area contributed by atoms with E-state index in [2.05, 4.69) is 10.4 Å². The number of benzene rings is 1. The molecule has 7 nitrogen and oxygen atoms in total. The number of primary amides is 1. The molecule has 0 fully saturated rings. The molecule has 1 aromatic heterocycles. The summed E-state index contributed by atoms with van der Waals surface area (Å²) in [6.45, 7) is 0.604. The van der Waals surface area contributed by atoms with E-state index < -0.39 is 5.91 Å². The van der Waals surface area contributed by atoms with Crippen LogP contribution in [-0.4, -0.2) is 29.9 Å². The number of nitrogens with one attached hydrogen (secondary N) is 1. The minimum absolute atomic E-state index is 0.0597. The number of rotatable bonds is 7. The molecule has 2 aromatic rings. The van der Waals surface area contributed by atoms with Crippen LogP contribution in [0.25, 0.3) is 0 Å². The minimum Gasteiger partial charge on any atom is -0.493 e. The number of nitrogens with zero attached hydrogens (tertiary/aromatic N) is 2. The van der Waals surface area contributed by atoms with Gasteiger partial charge in [-0.2, -0.15) is 5.10 Å². The summed E-state index contributed by atoms with van der Waals surface area (Å²) in [7, 11) is 3.20. The van der Waals surface area contributed by atoms with E-state index in [1.165, 1.54) is 4.68 Å². The Morgan fingerprint density at radius 1 is 1.38 bits per heavy atom. The zero-order valence-corrected chi connectivity index (χ0v) is 12.0. The number of anilines is 1. The summed E-state index contributed by atoms with van der Waals surface area (Å²) < 4.78 is 12.1. The van der Waals surface area contributed by atoms with Crippen LogP contribution in [0.4, 0.5) is 5.69 Å². The fraction of sp³-hybridized carbons (Fsp3) is 0.286. The number of hydrogen-bond donors (Lipinski definition) is 2. The summed E-state index contributed by atoms with van der Waals surface area (Å²) in [5.74, 6) is 0.942. The van der Waals surface area contributed by atoms with E-state index in [1.807, 2.05) is 18.2 Å². The number of para-hydroxylation sites is 1. The van der Waals surface area contributed by atoms with Crippen LogP contribution in [0.15, 0.2) is 30.6 Å². The lowest BCUT2D eigenvalue weighted by Gasteiger charge is -2.12. The van der Waals surface area contributed by atoms with Crippen molar-refractivity contribution >= 4 is 11.6 Å². The van der Waals surface area contributed by atoms with Crippen molar-refractivity contribution in [3.8, 4) is 11.5 Å². The van der Waals surface area contributed by atoms with Gasteiger partial charge in [0.1, 0.15) is 6.54 Å². The van der Waals surface area contributed by atoms with Crippen molar-refractivity contribution in [1.29, 1.82) is 0 Å². The maximum absolute atomic E-state index is 10.8. The first-order valence-corrected chi connectivity index (χ1v) is 6.38. The second-order valence-electron chi connectivity index (χ2n) is 4.40. The Morgan fingerprint density at radius 2 is 2.19 bits per heavy atom. The van der Waals surface area contributed by atoms with Gasteiger partial charge in [0.25, 0.3) is 0 Å². The summed E-state index contributed by atoms with van der Waals surface area (Å²) in [5, 5.41) is 7.25. The Labute approximate surface area is 122 Å². The molecule has 0 aliphatic heterocycles. The highest BCUT2D eigenvalue weighted by atomic mass is 16.5. The molecule has 1 amide bonds. The molecular weight excluding hydrogens is 272 g/mol. The van der Waals surface area contributed by atoms with E-state index in [9.17, 15) is 4.79 Å². The van der Waals surface area contributed by atoms with E-state index in [0.29, 0.717) is 18.0 Å². The molecule has 0 spiro atoms. The van der Waals surface area contributed by atoms with Crippen LogP contribution in [0.2, 0.25) is 0 Å². The number of methoxy groups -OCH3 is 2. The van der Waals surface area contributed by atoms with Crippen molar-refractivity contribution in [1.82, 2.24) is 9.78 Å². The molecule has 3 N–H and O–H groups in total. The van der Waals surface area contributed by atoms with Gasteiger partial charge in [-0.1, -0.05) is 12.1 Å². The Balaban J connectivity index is 2.06. The van der Waals surface area contributed by atoms with Crippen LogP contribution in [0.5, 0.6) is 11.5 Å². The molecule has 0 saturated carbocycles. The van der Waals surface area contributed by atoms with Crippen molar-refractivity contribution < 1.29 is 14.3 Å². The summed E-state index contributed by atoms with van der Waals surface area (Å²) >= 11 is 0. The topological polar surface area (TPSA) is 91.4 Å². The average molecular weight is 290 g/mol. The van der Waals surface area contributed by atoms with Crippen molar-refractivity contribution in [2.75, 3.05) is 19.5 Å². The van der Waals surface area contributed by atoms with E-state index in [1.54, 1.807) is 26.6 Å². The second kappa shape index (κ2) is 6.65. The standard InChI is InChI=1S/C14H18N4O3/c1-20-12-5-3-4-10(14(12)21-2)6-16-11-7-17-18(8-11)9-13(15)19/h3-5,7-8,16H,6,9H2,1-2H3,(H2,15,19). The Kier molecular flexibility index (Phi) is 4.65. The lowest BCUT2D eigenvalue weighted by atomic mass is 10.2. The zero-order chi connectivity index (χ0) is 15.2. The van der Waals surface area contributed by atoms with Gasteiger partial charge in [-0.25, -0.2) is 0 Å². The molecule has 0 bridgehead atoms. The van der Waals surface area contributed by atoms with Gasteiger partial charge in [-0.15, -0.1) is 0 Å². The van der Waals surface area contributed by atoms with E-state index in [0.717, 1.165) is 11.3 Å². The summed E-state index contributed by atoms with van der Waals surface area (Å²) in [4.78, 5) is 10.8. The highest BCUT2D eigenvalue weighted by molar-refractivity contribution is 5.73. The van der Waals surface area contributed by atoms with Crippen LogP contribution in [0.3, 0.4) is 0 Å². The normalized spacial score (nSPS) is 10.2. The SMILES string of the molecule is COc1cccc(CNc2cnn(CC(N)=O)c2)c1OC. The van der Waals surface area contributed by atoms with Crippen LogP contribution in [-0.2, 0) is 17.9 Å². The van der Waals surface area contributed by atoms with E-state index >= 15 is 0 Å². The van der Waals surface area contributed by atoms with Gasteiger partial charge in [0.05, 0.1) is 26.1 Å². The van der Waals surface area contributed by atoms with E-state index in [-0.39, 0.29) is 6.54 Å². The molecule has 0 aliphatic carbocycles. The number of ether oxygens (including phenoxy) is 2. The lowest BCUT2D eigenvalue weighted by Crippen LogP contribution is -2.18. The van der Waals surface area contributed by atoms with Gasteiger partial charge in [0.2, 0.25) is 5.91 Å². The number of aromatic nitrogens is 2. The Hall–Kier alpha value is -2.70. The smallest absolute Gasteiger partial charge is 0.239 e. The van der Waals surface area contributed by atoms with Crippen LogP contribution in [0.1, 0.15) is 5.56 Å². The zero-order valence-electron chi connectivity index (χ0n) is 12.0. The monoisotopic (exact) mass is 290 g/mol. The first-order chi connectivity index (χ1) is 10.1. The molecule has 0 aliphatic rings. The molecule has 1 heterocycles. The lowest BCUT2D eigenvalue weighted by molar-refractivity contribution is -0.118. The first-order valence-electron chi connectivity index (χ1n) is 6.38. The maximum Gasteiger partial charge on any atom is 0.239 e. The molecule has 21 heavy (non-hydrogen) atoms. The third kappa shape index (κ3) is 3.65. The van der Waals surface area contributed by atoms with Gasteiger partial charge in [0, 0.05) is 18.3 Å². The van der Waals surface area contributed by atoms with Gasteiger partial charge in [-0.3, -0.25) is 9.48 Å². The highest BCUT2D eigenvalue weighted by Crippen LogP contribution is 2.31. The quantitative estimate of drug-likeness (QED) is 0.793. The maximum atomic E-state index is 10.8. The fourth-order valence-electron chi connectivity index (χ4n) is 1.99. The number of carbonyl (C=O) groups is 1. The number of nitrogens with two attached hydrogens (primary N) is 1. The first kappa shape index (κ1) is 14.7. The van der Waals surface area contributed by atoms with Crippen molar-refractivity contribution in [2.45, 2.75) is 13.1 Å². The molecule has 7 heteroatoms. The predicted molar refractivity (Wildman–Crippen MR) is 78.3 cm³/mol. The molecule has 1 aromatic carbocycles. The number of hydrogen-bond acceptors (Lipinski definition) is 5. The van der Waals surface area contributed by atoms with Gasteiger partial charge >= 0.3 is 0 Å². The molecule has 0 unspecified atom stereocenters.